The maximum atomic E-state index is 12.7. The molecule has 0 atom stereocenters. The van der Waals surface area contributed by atoms with Crippen LogP contribution in [-0.2, 0) is 13.0 Å². The van der Waals surface area contributed by atoms with Gasteiger partial charge >= 0.3 is 0 Å². The fourth-order valence-corrected chi connectivity index (χ4v) is 6.48. The highest BCUT2D eigenvalue weighted by Gasteiger charge is 2.25. The number of hydrogen-bond donors (Lipinski definition) is 0. The standard InChI is InChI=1S/C28H23NOS2/c1-19-10-12-20(13-11-19)23(30)14-15-26-28(22-16-17-29(2)18-27(22)32-26)25-9-5-7-21-6-3-4-8-24(21)31-25/h3-13H,16-18H2,1-2H3. The highest BCUT2D eigenvalue weighted by Crippen LogP contribution is 2.45. The number of ketones is 1. The summed E-state index contributed by atoms with van der Waals surface area (Å²) in [5, 5.41) is 0. The van der Waals surface area contributed by atoms with Gasteiger partial charge in [0.2, 0.25) is 5.78 Å². The fourth-order valence-electron chi connectivity index (χ4n) is 4.01. The Kier molecular flexibility index (Phi) is 5.89. The van der Waals surface area contributed by atoms with Gasteiger partial charge in [0, 0.05) is 38.9 Å². The van der Waals surface area contributed by atoms with E-state index in [-0.39, 0.29) is 5.78 Å². The van der Waals surface area contributed by atoms with Crippen molar-refractivity contribution in [2.45, 2.75) is 24.8 Å². The second kappa shape index (κ2) is 8.96. The largest absolute Gasteiger partial charge is 0.301 e. The molecule has 4 heteroatoms. The number of Topliss-reactive ketones (excluding diaryl/α,β-unsaturated/α-hetero) is 1. The van der Waals surface area contributed by atoms with Crippen LogP contribution in [0.1, 0.15) is 42.4 Å². The number of hydrogen-bond acceptors (Lipinski definition) is 4. The molecule has 32 heavy (non-hydrogen) atoms. The Hall–Kier alpha value is -2.84. The van der Waals surface area contributed by atoms with Gasteiger partial charge < -0.3 is 4.90 Å². The number of allylic oxidation sites excluding steroid dienone is 2. The summed E-state index contributed by atoms with van der Waals surface area (Å²) < 4.78 is 0. The van der Waals surface area contributed by atoms with Crippen LogP contribution in [0.3, 0.4) is 0 Å². The number of fused-ring (bicyclic) bond motifs is 2. The van der Waals surface area contributed by atoms with Crippen LogP contribution in [0.5, 0.6) is 0 Å². The van der Waals surface area contributed by atoms with Crippen LogP contribution in [-0.4, -0.2) is 24.3 Å². The lowest BCUT2D eigenvalue weighted by atomic mass is 10.0. The lowest BCUT2D eigenvalue weighted by Crippen LogP contribution is -2.25. The van der Waals surface area contributed by atoms with E-state index in [1.807, 2.05) is 31.2 Å². The molecule has 0 saturated heterocycles. The Labute approximate surface area is 197 Å². The molecule has 2 aliphatic rings. The molecule has 0 radical (unpaired) electrons. The zero-order valence-electron chi connectivity index (χ0n) is 18.1. The van der Waals surface area contributed by atoms with Crippen molar-refractivity contribution in [2.24, 2.45) is 0 Å². The molecule has 0 N–H and O–H groups in total. The van der Waals surface area contributed by atoms with Crippen molar-refractivity contribution in [2.75, 3.05) is 13.6 Å². The minimum atomic E-state index is -0.132. The molecule has 3 heterocycles. The average Bonchev–Trinajstić information content (AvgIpc) is 3.01. The van der Waals surface area contributed by atoms with Gasteiger partial charge in [-0.05, 0) is 55.5 Å². The molecule has 0 bridgehead atoms. The molecule has 5 rings (SSSR count). The van der Waals surface area contributed by atoms with E-state index in [0.29, 0.717) is 5.56 Å². The second-order valence-electron chi connectivity index (χ2n) is 8.17. The highest BCUT2D eigenvalue weighted by molar-refractivity contribution is 8.08. The molecule has 1 aromatic heterocycles. The molecule has 0 spiro atoms. The topological polar surface area (TPSA) is 20.3 Å². The molecular formula is C28H23NOS2. The summed E-state index contributed by atoms with van der Waals surface area (Å²) in [6, 6.07) is 16.1. The Balaban J connectivity index is 1.56. The number of rotatable bonds is 2. The number of nitrogens with zero attached hydrogens (tertiary/aromatic N) is 1. The Bertz CT molecular complexity index is 1320. The number of likely N-dealkylation sites (N-methyl/N-ethyl adjacent to an activating group) is 1. The van der Waals surface area contributed by atoms with Crippen molar-refractivity contribution < 1.29 is 4.79 Å². The first-order valence-corrected chi connectivity index (χ1v) is 12.3. The Morgan fingerprint density at radius 2 is 1.91 bits per heavy atom. The van der Waals surface area contributed by atoms with Gasteiger partial charge in [-0.2, -0.15) is 0 Å². The molecule has 0 amide bonds. The van der Waals surface area contributed by atoms with Crippen LogP contribution >= 0.6 is 23.1 Å². The number of carbonyl (C=O) groups excluding carboxylic acids is 1. The maximum absolute atomic E-state index is 12.7. The first-order chi connectivity index (χ1) is 15.6. The third-order valence-corrected chi connectivity index (χ3v) is 8.04. The van der Waals surface area contributed by atoms with E-state index >= 15 is 0 Å². The van der Waals surface area contributed by atoms with E-state index in [1.165, 1.54) is 31.4 Å². The predicted molar refractivity (Wildman–Crippen MR) is 136 cm³/mol. The van der Waals surface area contributed by atoms with Crippen LogP contribution in [0, 0.1) is 18.8 Å². The van der Waals surface area contributed by atoms with Gasteiger partial charge in [0.1, 0.15) is 0 Å². The smallest absolute Gasteiger partial charge is 0.236 e. The summed E-state index contributed by atoms with van der Waals surface area (Å²) in [5.41, 5.74) is 5.62. The van der Waals surface area contributed by atoms with Crippen LogP contribution in [0.25, 0.3) is 11.0 Å². The molecule has 0 saturated carbocycles. The molecule has 0 unspecified atom stereocenters. The molecule has 158 valence electrons. The summed E-state index contributed by atoms with van der Waals surface area (Å²) in [6.45, 7) is 3.99. The number of thiophene rings is 1. The van der Waals surface area contributed by atoms with Gasteiger partial charge in [-0.25, -0.2) is 0 Å². The summed E-state index contributed by atoms with van der Waals surface area (Å²) in [5.74, 6) is 6.05. The monoisotopic (exact) mass is 453 g/mol. The van der Waals surface area contributed by atoms with Crippen molar-refractivity contribution in [3.05, 3.63) is 98.3 Å². The number of benzene rings is 2. The molecular weight excluding hydrogens is 430 g/mol. The lowest BCUT2D eigenvalue weighted by molar-refractivity contribution is 0.105. The third kappa shape index (κ3) is 4.25. The SMILES string of the molecule is Cc1ccc(C(=O)C#Cc2sc3c(c2C2=CC=Cc4ccccc4S2)CCN(C)C3)cc1. The minimum absolute atomic E-state index is 0.132. The number of carbonyl (C=O) groups is 1. The average molecular weight is 454 g/mol. The van der Waals surface area contributed by atoms with Crippen molar-refractivity contribution in [1.82, 2.24) is 4.90 Å². The molecule has 2 nitrogen and oxygen atoms in total. The van der Waals surface area contributed by atoms with Gasteiger partial charge in [-0.3, -0.25) is 4.79 Å². The number of thioether (sulfide) groups is 1. The van der Waals surface area contributed by atoms with Gasteiger partial charge in [0.05, 0.1) is 4.88 Å². The first-order valence-electron chi connectivity index (χ1n) is 10.7. The van der Waals surface area contributed by atoms with Crippen LogP contribution in [0.2, 0.25) is 0 Å². The summed E-state index contributed by atoms with van der Waals surface area (Å²) >= 11 is 3.54. The van der Waals surface area contributed by atoms with Gasteiger partial charge in [-0.15, -0.1) is 11.3 Å². The molecule has 0 aliphatic carbocycles. The molecule has 3 aromatic rings. The van der Waals surface area contributed by atoms with Gasteiger partial charge in [0.15, 0.2) is 0 Å². The maximum Gasteiger partial charge on any atom is 0.236 e. The van der Waals surface area contributed by atoms with E-state index in [1.54, 1.807) is 23.1 Å². The second-order valence-corrected chi connectivity index (χ2v) is 10.4. The first kappa shape index (κ1) is 21.0. The Morgan fingerprint density at radius 3 is 2.75 bits per heavy atom. The molecule has 2 aromatic carbocycles. The zero-order chi connectivity index (χ0) is 22.1. The fraction of sp³-hybridized carbons (Fsp3) is 0.179. The van der Waals surface area contributed by atoms with E-state index in [9.17, 15) is 4.79 Å². The predicted octanol–water partition coefficient (Wildman–Crippen LogP) is 6.44. The van der Waals surface area contributed by atoms with Gasteiger partial charge in [-0.1, -0.05) is 71.9 Å². The minimum Gasteiger partial charge on any atom is -0.301 e. The normalized spacial score (nSPS) is 15.1. The molecule has 0 fully saturated rings. The summed E-state index contributed by atoms with van der Waals surface area (Å²) in [6.07, 6.45) is 7.49. The van der Waals surface area contributed by atoms with Crippen LogP contribution in [0.15, 0.2) is 65.6 Å². The van der Waals surface area contributed by atoms with Crippen molar-refractivity contribution in [3.8, 4) is 11.8 Å². The summed E-state index contributed by atoms with van der Waals surface area (Å²) in [7, 11) is 2.16. The van der Waals surface area contributed by atoms with E-state index in [2.05, 4.69) is 66.3 Å². The van der Waals surface area contributed by atoms with Crippen LogP contribution < -0.4 is 0 Å². The highest BCUT2D eigenvalue weighted by atomic mass is 32.2. The zero-order valence-corrected chi connectivity index (χ0v) is 19.8. The number of aryl methyl sites for hydroxylation is 1. The van der Waals surface area contributed by atoms with E-state index < -0.39 is 0 Å². The van der Waals surface area contributed by atoms with E-state index in [0.717, 1.165) is 30.0 Å². The van der Waals surface area contributed by atoms with Crippen LogP contribution in [0.4, 0.5) is 0 Å². The van der Waals surface area contributed by atoms with E-state index in [4.69, 9.17) is 0 Å². The molecule has 2 aliphatic heterocycles. The Morgan fingerprint density at radius 1 is 1.09 bits per heavy atom. The van der Waals surface area contributed by atoms with Crippen molar-refractivity contribution >= 4 is 39.9 Å². The van der Waals surface area contributed by atoms with Crippen molar-refractivity contribution in [3.63, 3.8) is 0 Å². The van der Waals surface area contributed by atoms with Crippen molar-refractivity contribution in [1.29, 1.82) is 0 Å². The third-order valence-electron chi connectivity index (χ3n) is 5.76. The lowest BCUT2D eigenvalue weighted by Gasteiger charge is -2.23. The quantitative estimate of drug-likeness (QED) is 0.329. The summed E-state index contributed by atoms with van der Waals surface area (Å²) in [4.78, 5) is 19.9. The van der Waals surface area contributed by atoms with Gasteiger partial charge in [0.25, 0.3) is 0 Å².